The van der Waals surface area contributed by atoms with Gasteiger partial charge in [0.1, 0.15) is 6.61 Å². The van der Waals surface area contributed by atoms with E-state index in [0.717, 1.165) is 57.8 Å². The van der Waals surface area contributed by atoms with Crippen molar-refractivity contribution in [3.63, 3.8) is 0 Å². The van der Waals surface area contributed by atoms with Crippen molar-refractivity contribution in [2.45, 2.75) is 271 Å². The summed E-state index contributed by atoms with van der Waals surface area (Å²) in [5, 5.41) is 0. The summed E-state index contributed by atoms with van der Waals surface area (Å²) in [7, 11) is 0. The van der Waals surface area contributed by atoms with Crippen molar-refractivity contribution in [3.8, 4) is 0 Å². The Morgan fingerprint density at radius 3 is 1.23 bits per heavy atom. The second-order valence-electron chi connectivity index (χ2n) is 17.8. The van der Waals surface area contributed by atoms with Crippen molar-refractivity contribution in [2.75, 3.05) is 19.8 Å². The number of ether oxygens (including phenoxy) is 3. The molecule has 0 radical (unpaired) electrons. The summed E-state index contributed by atoms with van der Waals surface area (Å²) >= 11 is 0. The van der Waals surface area contributed by atoms with Gasteiger partial charge in [0.2, 0.25) is 0 Å². The van der Waals surface area contributed by atoms with Crippen molar-refractivity contribution in [2.24, 2.45) is 0 Å². The van der Waals surface area contributed by atoms with E-state index in [9.17, 15) is 9.59 Å². The van der Waals surface area contributed by atoms with Gasteiger partial charge in [-0.25, -0.2) is 0 Å². The van der Waals surface area contributed by atoms with Gasteiger partial charge in [0.05, 0.1) is 6.61 Å². The quantitative estimate of drug-likeness (QED) is 0.0346. The molecule has 0 aliphatic carbocycles. The Labute approximate surface area is 385 Å². The number of rotatable bonds is 49. The van der Waals surface area contributed by atoms with Gasteiger partial charge >= 0.3 is 11.9 Å². The number of carbonyl (C=O) groups is 2. The first-order valence-electron chi connectivity index (χ1n) is 26.8. The zero-order valence-electron chi connectivity index (χ0n) is 41.4. The van der Waals surface area contributed by atoms with Crippen LogP contribution in [0.2, 0.25) is 0 Å². The van der Waals surface area contributed by atoms with Crippen LogP contribution in [0.25, 0.3) is 0 Å². The number of allylic oxidation sites excluding steroid dienone is 10. The number of carbonyl (C=O) groups excluding carboxylic acids is 2. The molecule has 360 valence electrons. The molecule has 0 aromatic rings. The fraction of sp³-hybridized carbons (Fsp3) is 0.789. The minimum absolute atomic E-state index is 0.0565. The summed E-state index contributed by atoms with van der Waals surface area (Å²) in [6.07, 6.45) is 66.8. The highest BCUT2D eigenvalue weighted by Crippen LogP contribution is 2.15. The molecule has 5 nitrogen and oxygen atoms in total. The molecule has 0 N–H and O–H groups in total. The average molecular weight is 867 g/mol. The molecule has 0 amide bonds. The van der Waals surface area contributed by atoms with Crippen LogP contribution < -0.4 is 0 Å². The Hall–Kier alpha value is -2.40. The van der Waals surface area contributed by atoms with Crippen LogP contribution in [0.1, 0.15) is 265 Å². The molecule has 0 aliphatic rings. The van der Waals surface area contributed by atoms with E-state index in [2.05, 4.69) is 75.5 Å². The first-order chi connectivity index (χ1) is 30.6. The van der Waals surface area contributed by atoms with Crippen molar-refractivity contribution in [1.82, 2.24) is 0 Å². The molecule has 0 spiro atoms. The number of unbranched alkanes of at least 4 members (excludes halogenated alkanes) is 28. The fourth-order valence-corrected chi connectivity index (χ4v) is 7.58. The van der Waals surface area contributed by atoms with Gasteiger partial charge in [-0.2, -0.15) is 0 Å². The normalized spacial score (nSPS) is 12.6. The molecule has 0 rings (SSSR count). The molecule has 1 unspecified atom stereocenters. The Balaban J connectivity index is 4.30. The van der Waals surface area contributed by atoms with Crippen LogP contribution in [0.5, 0.6) is 0 Å². The van der Waals surface area contributed by atoms with Crippen LogP contribution >= 0.6 is 0 Å². The SMILES string of the molecule is CC/C=C\C/C=C\C/C=C\C/C=C\CCC(=O)OC(COCCCCCCCCCCCCCCCCCC)COC(=O)CCCCCCCCC/C=C\CCCCCCCC. The van der Waals surface area contributed by atoms with Gasteiger partial charge in [-0.05, 0) is 70.6 Å². The van der Waals surface area contributed by atoms with Crippen LogP contribution in [0.4, 0.5) is 0 Å². The average Bonchev–Trinajstić information content (AvgIpc) is 3.27. The lowest BCUT2D eigenvalue weighted by Crippen LogP contribution is -2.30. The fourth-order valence-electron chi connectivity index (χ4n) is 7.58. The topological polar surface area (TPSA) is 61.8 Å². The Bertz CT molecular complexity index is 1070. The van der Waals surface area contributed by atoms with Gasteiger partial charge in [-0.15, -0.1) is 0 Å². The second-order valence-corrected chi connectivity index (χ2v) is 17.8. The Kier molecular flexibility index (Phi) is 50.9. The van der Waals surface area contributed by atoms with E-state index in [1.807, 2.05) is 6.08 Å². The molecule has 0 heterocycles. The van der Waals surface area contributed by atoms with E-state index < -0.39 is 6.10 Å². The van der Waals surface area contributed by atoms with Crippen molar-refractivity contribution in [1.29, 1.82) is 0 Å². The highest BCUT2D eigenvalue weighted by Gasteiger charge is 2.17. The third-order valence-corrected chi connectivity index (χ3v) is 11.6. The molecule has 5 heteroatoms. The third-order valence-electron chi connectivity index (χ3n) is 11.6. The maximum atomic E-state index is 12.8. The molecule has 62 heavy (non-hydrogen) atoms. The zero-order chi connectivity index (χ0) is 44.9. The molecular weight excluding hydrogens is 765 g/mol. The van der Waals surface area contributed by atoms with Gasteiger partial charge in [0.15, 0.2) is 6.10 Å². The zero-order valence-corrected chi connectivity index (χ0v) is 41.4. The van der Waals surface area contributed by atoms with Crippen LogP contribution in [0.3, 0.4) is 0 Å². The number of hydrogen-bond donors (Lipinski definition) is 0. The molecule has 0 aliphatic heterocycles. The van der Waals surface area contributed by atoms with Gasteiger partial charge in [0.25, 0.3) is 0 Å². The predicted octanol–water partition coefficient (Wildman–Crippen LogP) is 18.1. The van der Waals surface area contributed by atoms with Crippen molar-refractivity contribution in [3.05, 3.63) is 60.8 Å². The second kappa shape index (κ2) is 52.9. The Morgan fingerprint density at radius 1 is 0.371 bits per heavy atom. The summed E-state index contributed by atoms with van der Waals surface area (Å²) < 4.78 is 17.4. The third kappa shape index (κ3) is 50.2. The minimum atomic E-state index is -0.574. The van der Waals surface area contributed by atoms with Crippen LogP contribution in [-0.2, 0) is 23.8 Å². The lowest BCUT2D eigenvalue weighted by atomic mass is 10.0. The molecule has 1 atom stereocenters. The molecule has 0 fully saturated rings. The highest BCUT2D eigenvalue weighted by atomic mass is 16.6. The highest BCUT2D eigenvalue weighted by molar-refractivity contribution is 5.70. The van der Waals surface area contributed by atoms with Crippen LogP contribution in [0.15, 0.2) is 60.8 Å². The van der Waals surface area contributed by atoms with E-state index in [1.54, 1.807) is 0 Å². The maximum absolute atomic E-state index is 12.8. The minimum Gasteiger partial charge on any atom is -0.462 e. The summed E-state index contributed by atoms with van der Waals surface area (Å²) in [6.45, 7) is 7.66. The van der Waals surface area contributed by atoms with E-state index in [4.69, 9.17) is 14.2 Å². The first kappa shape index (κ1) is 59.6. The van der Waals surface area contributed by atoms with E-state index in [1.165, 1.54) is 167 Å². The summed E-state index contributed by atoms with van der Waals surface area (Å²) in [5.74, 6) is -0.486. The van der Waals surface area contributed by atoms with Gasteiger partial charge in [-0.3, -0.25) is 9.59 Å². The van der Waals surface area contributed by atoms with Gasteiger partial charge in [-0.1, -0.05) is 242 Å². The lowest BCUT2D eigenvalue weighted by Gasteiger charge is -2.18. The lowest BCUT2D eigenvalue weighted by molar-refractivity contribution is -0.162. The molecule has 0 saturated heterocycles. The van der Waals surface area contributed by atoms with Gasteiger partial charge < -0.3 is 14.2 Å². The number of esters is 2. The summed E-state index contributed by atoms with van der Waals surface area (Å²) in [4.78, 5) is 25.4. The van der Waals surface area contributed by atoms with Gasteiger partial charge in [0, 0.05) is 19.4 Å². The molecule has 0 bridgehead atoms. The maximum Gasteiger partial charge on any atom is 0.306 e. The monoisotopic (exact) mass is 867 g/mol. The van der Waals surface area contributed by atoms with Crippen LogP contribution in [-0.4, -0.2) is 37.9 Å². The standard InChI is InChI=1S/C57H102O5/c1-4-7-10-13-16-19-22-25-27-29-30-33-35-38-41-44-47-50-56(58)61-54-55(62-57(59)51-48-45-42-39-36-32-24-21-18-15-12-9-6-3)53-60-52-49-46-43-40-37-34-31-28-26-23-20-17-14-11-8-5-2/h9,12,18,21,25,27,32,36,42,45,55H,4-8,10-11,13-17,19-20,22-24,26,28-31,33-35,37-41,43-44,46-54H2,1-3H3/b12-9-,21-18-,27-25-,36-32-,45-42-. The van der Waals surface area contributed by atoms with Crippen molar-refractivity contribution < 1.29 is 23.8 Å². The largest absolute Gasteiger partial charge is 0.462 e. The molecular formula is C57H102O5. The number of hydrogen-bond acceptors (Lipinski definition) is 5. The van der Waals surface area contributed by atoms with E-state index in [-0.39, 0.29) is 25.2 Å². The predicted molar refractivity (Wildman–Crippen MR) is 270 cm³/mol. The summed E-state index contributed by atoms with van der Waals surface area (Å²) in [6, 6.07) is 0. The smallest absolute Gasteiger partial charge is 0.306 e. The van der Waals surface area contributed by atoms with Crippen LogP contribution in [0, 0.1) is 0 Å². The molecule has 0 aromatic carbocycles. The molecule has 0 saturated carbocycles. The first-order valence-corrected chi connectivity index (χ1v) is 26.8. The van der Waals surface area contributed by atoms with Crippen molar-refractivity contribution >= 4 is 11.9 Å². The van der Waals surface area contributed by atoms with E-state index >= 15 is 0 Å². The molecule has 0 aromatic heterocycles. The Morgan fingerprint density at radius 2 is 0.758 bits per heavy atom. The summed E-state index contributed by atoms with van der Waals surface area (Å²) in [5.41, 5.74) is 0. The van der Waals surface area contributed by atoms with E-state index in [0.29, 0.717) is 25.9 Å².